The van der Waals surface area contributed by atoms with Crippen LogP contribution in [0.3, 0.4) is 0 Å². The van der Waals surface area contributed by atoms with Crippen molar-refractivity contribution >= 4 is 33.1 Å². The number of anilines is 1. The average Bonchev–Trinajstić information content (AvgIpc) is 3.25. The number of carbonyl (C=O) groups is 1. The molecule has 0 unspecified atom stereocenters. The van der Waals surface area contributed by atoms with E-state index in [1.165, 1.54) is 22.3 Å². The number of aromatic nitrogens is 1. The second-order valence-corrected chi connectivity index (χ2v) is 8.14. The van der Waals surface area contributed by atoms with Gasteiger partial charge in [-0.2, -0.15) is 0 Å². The average molecular weight is 417 g/mol. The molecule has 0 saturated carbocycles. The maximum absolute atomic E-state index is 12.3. The first-order valence-corrected chi connectivity index (χ1v) is 11.0. The summed E-state index contributed by atoms with van der Waals surface area (Å²) in [6.45, 7) is 4.32. The van der Waals surface area contributed by atoms with Gasteiger partial charge in [0.2, 0.25) is 0 Å². The zero-order valence-electron chi connectivity index (χ0n) is 17.1. The van der Waals surface area contributed by atoms with Crippen molar-refractivity contribution in [3.8, 4) is 17.0 Å². The summed E-state index contributed by atoms with van der Waals surface area (Å²) < 4.78 is 5.62. The van der Waals surface area contributed by atoms with Gasteiger partial charge in [-0.05, 0) is 40.8 Å². The Balaban J connectivity index is 1.38. The Morgan fingerprint density at radius 3 is 2.63 bits per heavy atom. The van der Waals surface area contributed by atoms with E-state index in [0.717, 1.165) is 23.1 Å². The summed E-state index contributed by atoms with van der Waals surface area (Å²) in [4.78, 5) is 16.9. The summed E-state index contributed by atoms with van der Waals surface area (Å²) in [7, 11) is 0. The second kappa shape index (κ2) is 9.09. The molecule has 5 heteroatoms. The van der Waals surface area contributed by atoms with Gasteiger partial charge in [0, 0.05) is 10.9 Å². The zero-order chi connectivity index (χ0) is 20.9. The summed E-state index contributed by atoms with van der Waals surface area (Å²) in [6, 6.07) is 22.3. The Bertz CT molecular complexity index is 1150. The molecule has 0 aliphatic rings. The van der Waals surface area contributed by atoms with E-state index in [4.69, 9.17) is 4.74 Å². The number of benzene rings is 3. The third-order valence-corrected chi connectivity index (χ3v) is 6.01. The summed E-state index contributed by atoms with van der Waals surface area (Å²) >= 11 is 1.41. The van der Waals surface area contributed by atoms with Crippen LogP contribution in [-0.4, -0.2) is 17.5 Å². The number of carbonyl (C=O) groups excluding carboxylic acids is 1. The lowest BCUT2D eigenvalue weighted by Gasteiger charge is -2.10. The fourth-order valence-corrected chi connectivity index (χ4v) is 4.06. The summed E-state index contributed by atoms with van der Waals surface area (Å²) in [6.07, 6.45) is 1.09. The van der Waals surface area contributed by atoms with E-state index in [2.05, 4.69) is 60.5 Å². The normalized spacial score (nSPS) is 11.9. The monoisotopic (exact) mass is 416 g/mol. The molecule has 0 saturated heterocycles. The molecule has 1 aromatic heterocycles. The number of amides is 1. The molecule has 0 aliphatic carbocycles. The number of nitrogens with one attached hydrogen (secondary N) is 1. The summed E-state index contributed by atoms with van der Waals surface area (Å²) in [5, 5.41) is 7.68. The predicted octanol–water partition coefficient (Wildman–Crippen LogP) is 6.49. The quantitative estimate of drug-likeness (QED) is 0.374. The molecule has 1 amide bonds. The number of hydrogen-bond donors (Lipinski definition) is 1. The van der Waals surface area contributed by atoms with Gasteiger partial charge in [0.25, 0.3) is 5.91 Å². The fourth-order valence-electron chi connectivity index (χ4n) is 3.34. The molecule has 1 N–H and O–H groups in total. The van der Waals surface area contributed by atoms with E-state index in [0.29, 0.717) is 16.8 Å². The Morgan fingerprint density at radius 2 is 1.83 bits per heavy atom. The molecule has 0 bridgehead atoms. The number of ether oxygens (including phenoxy) is 1. The number of nitrogens with zero attached hydrogens (tertiary/aromatic N) is 1. The van der Waals surface area contributed by atoms with E-state index in [-0.39, 0.29) is 12.5 Å². The van der Waals surface area contributed by atoms with Gasteiger partial charge >= 0.3 is 0 Å². The van der Waals surface area contributed by atoms with Crippen LogP contribution in [-0.2, 0) is 4.79 Å². The van der Waals surface area contributed by atoms with Crippen LogP contribution >= 0.6 is 11.3 Å². The van der Waals surface area contributed by atoms with Crippen LogP contribution < -0.4 is 10.1 Å². The topological polar surface area (TPSA) is 51.2 Å². The smallest absolute Gasteiger partial charge is 0.264 e. The van der Waals surface area contributed by atoms with Gasteiger partial charge in [-0.1, -0.05) is 68.4 Å². The van der Waals surface area contributed by atoms with Crippen molar-refractivity contribution < 1.29 is 9.53 Å². The minimum Gasteiger partial charge on any atom is -0.484 e. The highest BCUT2D eigenvalue weighted by Gasteiger charge is 2.11. The second-order valence-electron chi connectivity index (χ2n) is 7.28. The molecule has 1 atom stereocenters. The molecular weight excluding hydrogens is 392 g/mol. The number of hydrogen-bond acceptors (Lipinski definition) is 4. The third kappa shape index (κ3) is 4.52. The lowest BCUT2D eigenvalue weighted by molar-refractivity contribution is -0.118. The molecule has 0 radical (unpaired) electrons. The minimum absolute atomic E-state index is 0.0497. The maximum Gasteiger partial charge on any atom is 0.264 e. The van der Waals surface area contributed by atoms with Crippen LogP contribution in [0.4, 0.5) is 5.13 Å². The van der Waals surface area contributed by atoms with Crippen molar-refractivity contribution in [2.75, 3.05) is 11.9 Å². The summed E-state index contributed by atoms with van der Waals surface area (Å²) in [5.41, 5.74) is 3.19. The largest absolute Gasteiger partial charge is 0.484 e. The Kier molecular flexibility index (Phi) is 6.10. The highest BCUT2D eigenvalue weighted by atomic mass is 32.1. The number of fused-ring (bicyclic) bond motifs is 1. The van der Waals surface area contributed by atoms with Crippen LogP contribution in [0.1, 0.15) is 31.7 Å². The van der Waals surface area contributed by atoms with Gasteiger partial charge in [-0.3, -0.25) is 10.1 Å². The Morgan fingerprint density at radius 1 is 1.07 bits per heavy atom. The number of thiazole rings is 1. The molecule has 4 aromatic rings. The molecule has 30 heavy (non-hydrogen) atoms. The van der Waals surface area contributed by atoms with Gasteiger partial charge in [-0.15, -0.1) is 11.3 Å². The fraction of sp³-hybridized carbons (Fsp3) is 0.200. The molecule has 4 rings (SSSR count). The lowest BCUT2D eigenvalue weighted by Crippen LogP contribution is -2.20. The van der Waals surface area contributed by atoms with E-state index in [9.17, 15) is 4.79 Å². The third-order valence-electron chi connectivity index (χ3n) is 5.25. The number of rotatable bonds is 7. The molecule has 0 aliphatic heterocycles. The van der Waals surface area contributed by atoms with Crippen LogP contribution in [0.25, 0.3) is 22.0 Å². The first-order chi connectivity index (χ1) is 14.6. The van der Waals surface area contributed by atoms with E-state index >= 15 is 0 Å². The predicted molar refractivity (Wildman–Crippen MR) is 124 cm³/mol. The standard InChI is InChI=1S/C25H24N2O2S/c1-3-17(2)18-11-13-20(14-12-18)29-15-24(28)27-25-26-23(16-30-25)22-10-6-8-19-7-4-5-9-21(19)22/h4-14,16-17H,3,15H2,1-2H3,(H,26,27,28)/t17-/m1/s1. The van der Waals surface area contributed by atoms with Crippen molar-refractivity contribution in [2.45, 2.75) is 26.2 Å². The van der Waals surface area contributed by atoms with E-state index in [1.54, 1.807) is 0 Å². The van der Waals surface area contributed by atoms with Crippen molar-refractivity contribution in [1.82, 2.24) is 4.98 Å². The minimum atomic E-state index is -0.222. The van der Waals surface area contributed by atoms with Gasteiger partial charge in [-0.25, -0.2) is 4.98 Å². The van der Waals surface area contributed by atoms with Gasteiger partial charge in [0.05, 0.1) is 5.69 Å². The van der Waals surface area contributed by atoms with Crippen molar-refractivity contribution in [3.05, 3.63) is 77.7 Å². The Labute approximate surface area is 180 Å². The van der Waals surface area contributed by atoms with E-state index in [1.807, 2.05) is 35.7 Å². The maximum atomic E-state index is 12.3. The SMILES string of the molecule is CC[C@@H](C)c1ccc(OCC(=O)Nc2nc(-c3cccc4ccccc34)cs2)cc1. The highest BCUT2D eigenvalue weighted by Crippen LogP contribution is 2.31. The zero-order valence-corrected chi connectivity index (χ0v) is 17.9. The van der Waals surface area contributed by atoms with Crippen molar-refractivity contribution in [3.63, 3.8) is 0 Å². The van der Waals surface area contributed by atoms with E-state index < -0.39 is 0 Å². The van der Waals surface area contributed by atoms with Crippen molar-refractivity contribution in [2.24, 2.45) is 0 Å². The highest BCUT2D eigenvalue weighted by molar-refractivity contribution is 7.14. The lowest BCUT2D eigenvalue weighted by atomic mass is 9.99. The molecule has 1 heterocycles. The molecule has 0 spiro atoms. The van der Waals surface area contributed by atoms with Crippen LogP contribution in [0.5, 0.6) is 5.75 Å². The molecule has 152 valence electrons. The van der Waals surface area contributed by atoms with Crippen LogP contribution in [0.2, 0.25) is 0 Å². The van der Waals surface area contributed by atoms with Gasteiger partial charge in [0.1, 0.15) is 5.75 Å². The van der Waals surface area contributed by atoms with Crippen LogP contribution in [0, 0.1) is 0 Å². The first kappa shape index (κ1) is 20.1. The molecule has 3 aromatic carbocycles. The first-order valence-electron chi connectivity index (χ1n) is 10.1. The van der Waals surface area contributed by atoms with Gasteiger partial charge < -0.3 is 4.74 Å². The van der Waals surface area contributed by atoms with Crippen LogP contribution in [0.15, 0.2) is 72.1 Å². The van der Waals surface area contributed by atoms with Crippen molar-refractivity contribution in [1.29, 1.82) is 0 Å². The molecule has 0 fully saturated rings. The molecule has 4 nitrogen and oxygen atoms in total. The van der Waals surface area contributed by atoms with Gasteiger partial charge in [0.15, 0.2) is 11.7 Å². The Hall–Kier alpha value is -3.18. The molecular formula is C25H24N2O2S. The summed E-state index contributed by atoms with van der Waals surface area (Å²) in [5.74, 6) is 0.982.